The van der Waals surface area contributed by atoms with Crippen molar-refractivity contribution in [3.05, 3.63) is 60.9 Å². The summed E-state index contributed by atoms with van der Waals surface area (Å²) < 4.78 is 11.4. The Morgan fingerprint density at radius 1 is 1.19 bits per heavy atom. The monoisotopic (exact) mass is 652 g/mol. The molecule has 258 valence electrons. The molecule has 2 saturated heterocycles. The number of carbonyl (C=O) groups is 4. The minimum Gasteiger partial charge on any atom is -0.493 e. The van der Waals surface area contributed by atoms with Gasteiger partial charge in [-0.2, -0.15) is 0 Å². The van der Waals surface area contributed by atoms with Crippen molar-refractivity contribution in [3.63, 3.8) is 0 Å². The van der Waals surface area contributed by atoms with Crippen LogP contribution in [0.15, 0.2) is 55.3 Å². The number of carbonyl (C=O) groups excluding carboxylic acids is 4. The molecular formula is C36H52N4O7. The van der Waals surface area contributed by atoms with E-state index in [0.717, 1.165) is 6.42 Å². The summed E-state index contributed by atoms with van der Waals surface area (Å²) in [7, 11) is 0. The summed E-state index contributed by atoms with van der Waals surface area (Å²) in [5.41, 5.74) is 1.58. The van der Waals surface area contributed by atoms with Crippen LogP contribution in [0.3, 0.4) is 0 Å². The lowest BCUT2D eigenvalue weighted by Gasteiger charge is -2.35. The van der Waals surface area contributed by atoms with Crippen molar-refractivity contribution >= 4 is 23.6 Å². The SMILES string of the molecule is C=C=C[C@](C)(O)CCOc1cccc(CC(=O)N[C@H](C(=O)N2CCC[C@H]2C(=O)NC(CCC)C2OC2C(=O)NCC=C)C(C)(C)C)c1. The molecule has 1 aromatic carbocycles. The van der Waals surface area contributed by atoms with E-state index in [1.165, 1.54) is 6.08 Å². The Morgan fingerprint density at radius 3 is 2.60 bits per heavy atom. The average Bonchev–Trinajstić information content (AvgIpc) is 3.64. The topological polar surface area (TPSA) is 150 Å². The van der Waals surface area contributed by atoms with E-state index in [1.807, 2.05) is 33.8 Å². The zero-order chi connectivity index (χ0) is 34.8. The maximum Gasteiger partial charge on any atom is 0.252 e. The van der Waals surface area contributed by atoms with Gasteiger partial charge in [-0.05, 0) is 55.4 Å². The summed E-state index contributed by atoms with van der Waals surface area (Å²) >= 11 is 0. The largest absolute Gasteiger partial charge is 0.493 e. The number of rotatable bonds is 17. The van der Waals surface area contributed by atoms with Gasteiger partial charge in [0, 0.05) is 19.5 Å². The highest BCUT2D eigenvalue weighted by Gasteiger charge is 2.51. The molecule has 0 aliphatic carbocycles. The van der Waals surface area contributed by atoms with Crippen molar-refractivity contribution in [2.24, 2.45) is 5.41 Å². The van der Waals surface area contributed by atoms with Gasteiger partial charge in [-0.15, -0.1) is 12.3 Å². The predicted molar refractivity (Wildman–Crippen MR) is 179 cm³/mol. The fraction of sp³-hybridized carbons (Fsp3) is 0.583. The lowest BCUT2D eigenvalue weighted by molar-refractivity contribution is -0.144. The Hall–Kier alpha value is -3.92. The summed E-state index contributed by atoms with van der Waals surface area (Å²) in [5.74, 6) is -0.600. The van der Waals surface area contributed by atoms with Crippen LogP contribution >= 0.6 is 0 Å². The Labute approximate surface area is 278 Å². The third kappa shape index (κ3) is 11.1. The summed E-state index contributed by atoms with van der Waals surface area (Å²) in [6.45, 7) is 17.4. The number of aliphatic hydroxyl groups is 1. The maximum absolute atomic E-state index is 14.0. The van der Waals surface area contributed by atoms with Gasteiger partial charge in [0.2, 0.25) is 17.7 Å². The van der Waals surface area contributed by atoms with Crippen LogP contribution in [-0.2, 0) is 30.3 Å². The van der Waals surface area contributed by atoms with Crippen molar-refractivity contribution in [1.82, 2.24) is 20.9 Å². The van der Waals surface area contributed by atoms with Crippen LogP contribution < -0.4 is 20.7 Å². The number of hydrogen-bond acceptors (Lipinski definition) is 7. The van der Waals surface area contributed by atoms with Gasteiger partial charge in [-0.1, -0.05) is 58.9 Å². The number of benzene rings is 1. The van der Waals surface area contributed by atoms with Crippen molar-refractivity contribution in [1.29, 1.82) is 0 Å². The lowest BCUT2D eigenvalue weighted by atomic mass is 9.85. The first kappa shape index (κ1) is 37.5. The lowest BCUT2D eigenvalue weighted by Crippen LogP contribution is -2.58. The minimum atomic E-state index is -1.09. The molecule has 0 aromatic heterocycles. The van der Waals surface area contributed by atoms with Crippen LogP contribution in [0.1, 0.15) is 72.3 Å². The highest BCUT2D eigenvalue weighted by Crippen LogP contribution is 2.30. The van der Waals surface area contributed by atoms with Crippen LogP contribution in [-0.4, -0.2) is 89.3 Å². The number of likely N-dealkylation sites (tertiary alicyclic amines) is 1. The van der Waals surface area contributed by atoms with E-state index in [-0.39, 0.29) is 42.7 Å². The summed E-state index contributed by atoms with van der Waals surface area (Å²) in [6, 6.07) is 5.22. The normalized spacial score (nSPS) is 21.3. The Kier molecular flexibility index (Phi) is 13.4. The highest BCUT2D eigenvalue weighted by atomic mass is 16.6. The number of ether oxygens (including phenoxy) is 2. The summed E-state index contributed by atoms with van der Waals surface area (Å²) in [5, 5.41) is 19.0. The Balaban J connectivity index is 1.63. The van der Waals surface area contributed by atoms with Gasteiger partial charge in [0.1, 0.15) is 23.9 Å². The van der Waals surface area contributed by atoms with Gasteiger partial charge in [-0.25, -0.2) is 0 Å². The molecule has 0 saturated carbocycles. The Morgan fingerprint density at radius 2 is 1.94 bits per heavy atom. The molecule has 2 aliphatic heterocycles. The van der Waals surface area contributed by atoms with Gasteiger partial charge in [-0.3, -0.25) is 19.2 Å². The molecule has 0 spiro atoms. The van der Waals surface area contributed by atoms with E-state index in [9.17, 15) is 24.3 Å². The third-order valence-electron chi connectivity index (χ3n) is 8.34. The molecule has 3 unspecified atom stereocenters. The van der Waals surface area contributed by atoms with E-state index in [2.05, 4.69) is 34.8 Å². The second-order valence-corrected chi connectivity index (χ2v) is 13.6. The number of hydrogen-bond donors (Lipinski definition) is 4. The molecule has 47 heavy (non-hydrogen) atoms. The number of amides is 4. The van der Waals surface area contributed by atoms with Gasteiger partial charge in [0.05, 0.1) is 24.7 Å². The van der Waals surface area contributed by atoms with Gasteiger partial charge in [0.15, 0.2) is 6.10 Å². The molecule has 2 heterocycles. The first-order valence-electron chi connectivity index (χ1n) is 16.5. The fourth-order valence-corrected chi connectivity index (χ4v) is 5.75. The van der Waals surface area contributed by atoms with Crippen molar-refractivity contribution in [2.45, 2.75) is 109 Å². The zero-order valence-electron chi connectivity index (χ0n) is 28.5. The van der Waals surface area contributed by atoms with E-state index in [1.54, 1.807) is 36.1 Å². The smallest absolute Gasteiger partial charge is 0.252 e. The van der Waals surface area contributed by atoms with Crippen molar-refractivity contribution in [3.8, 4) is 5.75 Å². The first-order chi connectivity index (χ1) is 22.2. The molecule has 2 aliphatic rings. The number of nitrogens with one attached hydrogen (secondary N) is 3. The van der Waals surface area contributed by atoms with Crippen LogP contribution in [0.2, 0.25) is 0 Å². The average molecular weight is 653 g/mol. The molecule has 11 heteroatoms. The van der Waals surface area contributed by atoms with Crippen LogP contribution in [0.25, 0.3) is 0 Å². The standard InChI is InChI=1S/C36H52N4O7/c1-8-13-26(29-30(47-29)33(43)37-19-10-3)38-32(42)27-16-12-20-40(27)34(44)31(35(4,5)6)39-28(41)23-24-14-11-15-25(22-24)46-21-18-36(7,45)17-9-2/h10-11,14-15,17,22,26-27,29-31,45H,2-3,8,12-13,16,18-21,23H2,1,4-7H3,(H,37,43)(H,38,42)(H,39,41)/t26?,27-,29?,30?,31+,36-/m0/s1. The molecule has 0 bridgehead atoms. The van der Waals surface area contributed by atoms with E-state index in [0.29, 0.717) is 50.1 Å². The third-order valence-corrected chi connectivity index (χ3v) is 8.34. The van der Waals surface area contributed by atoms with Gasteiger partial charge >= 0.3 is 0 Å². The molecule has 0 radical (unpaired) electrons. The van der Waals surface area contributed by atoms with Gasteiger partial charge in [0.25, 0.3) is 5.91 Å². The van der Waals surface area contributed by atoms with Crippen LogP contribution in [0.4, 0.5) is 0 Å². The molecule has 2 fully saturated rings. The predicted octanol–water partition coefficient (Wildman–Crippen LogP) is 2.97. The molecule has 1 aromatic rings. The minimum absolute atomic E-state index is 0.0273. The maximum atomic E-state index is 14.0. The zero-order valence-corrected chi connectivity index (χ0v) is 28.5. The van der Waals surface area contributed by atoms with E-state index >= 15 is 0 Å². The van der Waals surface area contributed by atoms with Crippen molar-refractivity contribution in [2.75, 3.05) is 19.7 Å². The molecular weight excluding hydrogens is 600 g/mol. The van der Waals surface area contributed by atoms with Crippen molar-refractivity contribution < 1.29 is 33.8 Å². The van der Waals surface area contributed by atoms with E-state index < -0.39 is 35.3 Å². The summed E-state index contributed by atoms with van der Waals surface area (Å²) in [4.78, 5) is 54.7. The molecule has 6 atom stereocenters. The van der Waals surface area contributed by atoms with Crippen LogP contribution in [0, 0.1) is 5.41 Å². The second-order valence-electron chi connectivity index (χ2n) is 13.6. The highest BCUT2D eigenvalue weighted by molar-refractivity contribution is 5.93. The molecule has 3 rings (SSSR count). The summed E-state index contributed by atoms with van der Waals surface area (Å²) in [6.07, 6.45) is 4.95. The molecule has 11 nitrogen and oxygen atoms in total. The number of epoxide rings is 1. The molecule has 4 N–H and O–H groups in total. The Bertz CT molecular complexity index is 1330. The van der Waals surface area contributed by atoms with Crippen LogP contribution in [0.5, 0.6) is 5.75 Å². The van der Waals surface area contributed by atoms with Gasteiger partial charge < -0.3 is 35.4 Å². The van der Waals surface area contributed by atoms with E-state index in [4.69, 9.17) is 9.47 Å². The first-order valence-corrected chi connectivity index (χ1v) is 16.5. The second kappa shape index (κ2) is 16.8. The molecule has 4 amide bonds. The fourth-order valence-electron chi connectivity index (χ4n) is 5.75. The quantitative estimate of drug-likeness (QED) is 0.115. The number of nitrogens with zero attached hydrogens (tertiary/aromatic N) is 1.